The van der Waals surface area contributed by atoms with Crippen molar-refractivity contribution in [2.24, 2.45) is 0 Å². The topological polar surface area (TPSA) is 37.8 Å². The van der Waals surface area contributed by atoms with Crippen molar-refractivity contribution in [1.82, 2.24) is 9.55 Å². The van der Waals surface area contributed by atoms with Gasteiger partial charge in [0.2, 0.25) is 0 Å². The minimum absolute atomic E-state index is 0.252. The number of benzene rings is 2. The molecule has 3 aromatic rings. The van der Waals surface area contributed by atoms with Gasteiger partial charge in [0.05, 0.1) is 16.6 Å². The molecule has 0 radical (unpaired) electrons. The molecule has 0 fully saturated rings. The number of hydrogen-bond donors (Lipinski definition) is 1. The monoisotopic (exact) mass is 286 g/mol. The Morgan fingerprint density at radius 2 is 1.95 bits per heavy atom. The zero-order chi connectivity index (χ0) is 14.3. The molecule has 0 bridgehead atoms. The van der Waals surface area contributed by atoms with E-state index >= 15 is 0 Å². The van der Waals surface area contributed by atoms with E-state index < -0.39 is 5.82 Å². The second kappa shape index (κ2) is 4.68. The minimum atomic E-state index is -0.403. The summed E-state index contributed by atoms with van der Waals surface area (Å²) in [5.74, 6) is -0.403. The molecule has 0 spiro atoms. The molecular formula is C15H11FN2OS. The Labute approximate surface area is 119 Å². The highest BCUT2D eigenvalue weighted by molar-refractivity contribution is 7.71. The molecule has 100 valence electrons. The third kappa shape index (κ3) is 1.96. The van der Waals surface area contributed by atoms with Crippen molar-refractivity contribution in [2.45, 2.75) is 6.92 Å². The largest absolute Gasteiger partial charge is 0.331 e. The fraction of sp³-hybridized carbons (Fsp3) is 0.0667. The van der Waals surface area contributed by atoms with Gasteiger partial charge in [-0.05, 0) is 49.0 Å². The highest BCUT2D eigenvalue weighted by atomic mass is 32.1. The number of hydrogen-bond acceptors (Lipinski definition) is 2. The molecule has 3 nitrogen and oxygen atoms in total. The number of nitrogens with zero attached hydrogens (tertiary/aromatic N) is 1. The van der Waals surface area contributed by atoms with Crippen molar-refractivity contribution in [1.29, 1.82) is 0 Å². The van der Waals surface area contributed by atoms with Gasteiger partial charge >= 0.3 is 0 Å². The van der Waals surface area contributed by atoms with Crippen LogP contribution in [0.3, 0.4) is 0 Å². The summed E-state index contributed by atoms with van der Waals surface area (Å²) in [6, 6.07) is 11.4. The number of fused-ring (bicyclic) bond motifs is 1. The van der Waals surface area contributed by atoms with Crippen LogP contribution in [0.5, 0.6) is 0 Å². The second-order valence-electron chi connectivity index (χ2n) is 4.55. The molecule has 20 heavy (non-hydrogen) atoms. The van der Waals surface area contributed by atoms with Gasteiger partial charge in [0, 0.05) is 0 Å². The number of H-pyrrole nitrogens is 1. The van der Waals surface area contributed by atoms with Crippen molar-refractivity contribution in [3.05, 3.63) is 69.0 Å². The summed E-state index contributed by atoms with van der Waals surface area (Å²) in [7, 11) is 0. The Bertz CT molecular complexity index is 927. The van der Waals surface area contributed by atoms with Gasteiger partial charge in [-0.25, -0.2) is 4.39 Å². The van der Waals surface area contributed by atoms with Crippen molar-refractivity contribution in [3.8, 4) is 5.69 Å². The maximum Gasteiger partial charge on any atom is 0.266 e. The zero-order valence-corrected chi connectivity index (χ0v) is 11.5. The summed E-state index contributed by atoms with van der Waals surface area (Å²) < 4.78 is 15.0. The zero-order valence-electron chi connectivity index (χ0n) is 10.7. The SMILES string of the molecule is Cc1ccc(F)cc1-n1c(=S)[nH]c2ccccc2c1=O. The molecule has 1 aromatic heterocycles. The highest BCUT2D eigenvalue weighted by Gasteiger charge is 2.10. The summed E-state index contributed by atoms with van der Waals surface area (Å²) in [6.45, 7) is 1.81. The normalized spacial score (nSPS) is 10.9. The molecule has 2 aromatic carbocycles. The van der Waals surface area contributed by atoms with Crippen LogP contribution in [0, 0.1) is 17.5 Å². The quantitative estimate of drug-likeness (QED) is 0.695. The van der Waals surface area contributed by atoms with Crippen LogP contribution in [-0.4, -0.2) is 9.55 Å². The van der Waals surface area contributed by atoms with Gasteiger partial charge in [-0.3, -0.25) is 9.36 Å². The molecule has 0 saturated heterocycles. The molecule has 1 N–H and O–H groups in total. The third-order valence-corrected chi connectivity index (χ3v) is 3.50. The van der Waals surface area contributed by atoms with Crippen LogP contribution in [-0.2, 0) is 0 Å². The highest BCUT2D eigenvalue weighted by Crippen LogP contribution is 2.16. The molecule has 1 heterocycles. The van der Waals surface area contributed by atoms with E-state index in [0.717, 1.165) is 5.56 Å². The average Bonchev–Trinajstić information content (AvgIpc) is 2.42. The Morgan fingerprint density at radius 3 is 2.75 bits per heavy atom. The molecule has 3 rings (SSSR count). The first kappa shape index (κ1) is 12.7. The Balaban J connectivity index is 2.46. The van der Waals surface area contributed by atoms with Crippen LogP contribution < -0.4 is 5.56 Å². The van der Waals surface area contributed by atoms with E-state index in [1.807, 2.05) is 13.0 Å². The lowest BCUT2D eigenvalue weighted by Gasteiger charge is -2.10. The van der Waals surface area contributed by atoms with Crippen LogP contribution >= 0.6 is 12.2 Å². The molecule has 0 aliphatic carbocycles. The molecule has 0 saturated carbocycles. The Morgan fingerprint density at radius 1 is 1.20 bits per heavy atom. The molecule has 0 unspecified atom stereocenters. The van der Waals surface area contributed by atoms with Crippen LogP contribution in [0.25, 0.3) is 16.6 Å². The van der Waals surface area contributed by atoms with E-state index in [4.69, 9.17) is 12.2 Å². The Hall–Kier alpha value is -2.27. The fourth-order valence-corrected chi connectivity index (χ4v) is 2.50. The molecule has 0 aliphatic heterocycles. The van der Waals surface area contributed by atoms with Gasteiger partial charge in [-0.15, -0.1) is 0 Å². The lowest BCUT2D eigenvalue weighted by atomic mass is 10.2. The summed E-state index contributed by atoms with van der Waals surface area (Å²) in [4.78, 5) is 15.6. The third-order valence-electron chi connectivity index (χ3n) is 3.22. The second-order valence-corrected chi connectivity index (χ2v) is 4.93. The van der Waals surface area contributed by atoms with E-state index in [-0.39, 0.29) is 10.3 Å². The summed E-state index contributed by atoms with van der Waals surface area (Å²) in [6.07, 6.45) is 0. The summed E-state index contributed by atoms with van der Waals surface area (Å²) >= 11 is 5.24. The van der Waals surface area contributed by atoms with Crippen molar-refractivity contribution in [3.63, 3.8) is 0 Å². The molecule has 5 heteroatoms. The van der Waals surface area contributed by atoms with E-state index in [1.165, 1.54) is 16.7 Å². The maximum atomic E-state index is 13.5. The van der Waals surface area contributed by atoms with E-state index in [9.17, 15) is 9.18 Å². The predicted octanol–water partition coefficient (Wildman–Crippen LogP) is 3.50. The average molecular weight is 286 g/mol. The number of para-hydroxylation sites is 1. The van der Waals surface area contributed by atoms with Gasteiger partial charge in [0.25, 0.3) is 5.56 Å². The molecule has 0 atom stereocenters. The molecule has 0 amide bonds. The van der Waals surface area contributed by atoms with Gasteiger partial charge in [-0.1, -0.05) is 18.2 Å². The van der Waals surface area contributed by atoms with Gasteiger partial charge in [-0.2, -0.15) is 0 Å². The van der Waals surface area contributed by atoms with Crippen molar-refractivity contribution in [2.75, 3.05) is 0 Å². The van der Waals surface area contributed by atoms with Crippen LogP contribution in [0.1, 0.15) is 5.56 Å². The minimum Gasteiger partial charge on any atom is -0.331 e. The van der Waals surface area contributed by atoms with Crippen molar-refractivity contribution >= 4 is 23.1 Å². The predicted molar refractivity (Wildman–Crippen MR) is 79.4 cm³/mol. The first-order chi connectivity index (χ1) is 9.58. The smallest absolute Gasteiger partial charge is 0.266 e. The number of rotatable bonds is 1. The maximum absolute atomic E-state index is 13.5. The first-order valence-electron chi connectivity index (χ1n) is 6.08. The van der Waals surface area contributed by atoms with Crippen LogP contribution in [0.15, 0.2) is 47.3 Å². The van der Waals surface area contributed by atoms with Gasteiger partial charge in [0.15, 0.2) is 4.77 Å². The van der Waals surface area contributed by atoms with Crippen LogP contribution in [0.4, 0.5) is 4.39 Å². The number of nitrogens with one attached hydrogen (secondary N) is 1. The lowest BCUT2D eigenvalue weighted by Crippen LogP contribution is -2.21. The number of halogens is 1. The Kier molecular flexibility index (Phi) is 2.99. The molecular weight excluding hydrogens is 275 g/mol. The number of aryl methyl sites for hydroxylation is 1. The van der Waals surface area contributed by atoms with E-state index in [2.05, 4.69) is 4.98 Å². The van der Waals surface area contributed by atoms with E-state index in [1.54, 1.807) is 24.3 Å². The standard InChI is InChI=1S/C15H11FN2OS/c1-9-6-7-10(16)8-13(9)18-14(19)11-4-2-3-5-12(11)17-15(18)20/h2-8H,1H3,(H,17,20). The van der Waals surface area contributed by atoms with Crippen LogP contribution in [0.2, 0.25) is 0 Å². The summed E-state index contributed by atoms with van der Waals surface area (Å²) in [5.41, 5.74) is 1.66. The number of aromatic amines is 1. The van der Waals surface area contributed by atoms with Gasteiger partial charge in [0.1, 0.15) is 5.82 Å². The van der Waals surface area contributed by atoms with Gasteiger partial charge < -0.3 is 4.98 Å². The fourth-order valence-electron chi connectivity index (χ4n) is 2.20. The summed E-state index contributed by atoms with van der Waals surface area (Å²) in [5, 5.41) is 0.518. The number of aromatic nitrogens is 2. The van der Waals surface area contributed by atoms with Crippen molar-refractivity contribution < 1.29 is 4.39 Å². The van der Waals surface area contributed by atoms with E-state index in [0.29, 0.717) is 16.6 Å². The molecule has 0 aliphatic rings. The first-order valence-corrected chi connectivity index (χ1v) is 6.49. The lowest BCUT2D eigenvalue weighted by molar-refractivity contribution is 0.625.